The van der Waals surface area contributed by atoms with Gasteiger partial charge in [-0.25, -0.2) is 19.9 Å². The second kappa shape index (κ2) is 12.0. The summed E-state index contributed by atoms with van der Waals surface area (Å²) < 4.78 is 6.05. The summed E-state index contributed by atoms with van der Waals surface area (Å²) in [5, 5.41) is 5.85. The Morgan fingerprint density at radius 1 is 0.340 bits per heavy atom. The third kappa shape index (κ3) is 5.04. The van der Waals surface area contributed by atoms with E-state index in [9.17, 15) is 0 Å². The molecule has 11 aromatic rings. The monoisotopic (exact) mass is 713 g/mol. The van der Waals surface area contributed by atoms with Crippen molar-refractivity contribution >= 4 is 74.9 Å². The SMILES string of the molecule is c1ccc(-c2nc(-c3ccc(-c4ccc5c(c4)sc4ccccc45)cc3)nc(-c3ccc4c(c3)c3ccccc3n4-c3nc4ccccc4s3)n2)cc1. The minimum Gasteiger partial charge on any atom is -0.285 e. The maximum absolute atomic E-state index is 5.11. The Hall–Kier alpha value is -6.54. The molecule has 11 rings (SSSR count). The average Bonchev–Trinajstić information content (AvgIpc) is 3.92. The molecule has 0 spiro atoms. The van der Waals surface area contributed by atoms with Crippen LogP contribution < -0.4 is 0 Å². The zero-order valence-electron chi connectivity index (χ0n) is 28.1. The van der Waals surface area contributed by atoms with Crippen LogP contribution in [0.2, 0.25) is 0 Å². The van der Waals surface area contributed by atoms with Gasteiger partial charge < -0.3 is 0 Å². The first-order valence-corrected chi connectivity index (χ1v) is 19.1. The van der Waals surface area contributed by atoms with E-state index in [0.29, 0.717) is 17.5 Å². The van der Waals surface area contributed by atoms with Gasteiger partial charge in [-0.3, -0.25) is 4.57 Å². The lowest BCUT2D eigenvalue weighted by atomic mass is 10.0. The molecular formula is C46H27N5S2. The molecule has 4 aromatic heterocycles. The van der Waals surface area contributed by atoms with E-state index in [4.69, 9.17) is 19.9 Å². The molecule has 0 aliphatic rings. The summed E-state index contributed by atoms with van der Waals surface area (Å²) in [5.41, 5.74) is 8.37. The Balaban J connectivity index is 1.02. The van der Waals surface area contributed by atoms with Crippen LogP contribution in [0.15, 0.2) is 164 Å². The summed E-state index contributed by atoms with van der Waals surface area (Å²) in [5.74, 6) is 1.91. The van der Waals surface area contributed by atoms with Crippen LogP contribution >= 0.6 is 22.7 Å². The van der Waals surface area contributed by atoms with Crippen molar-refractivity contribution in [3.63, 3.8) is 0 Å². The fourth-order valence-corrected chi connectivity index (χ4v) is 9.48. The van der Waals surface area contributed by atoms with E-state index in [1.807, 2.05) is 47.7 Å². The number of para-hydroxylation sites is 2. The zero-order chi connectivity index (χ0) is 34.9. The van der Waals surface area contributed by atoms with E-state index in [1.165, 1.54) is 30.4 Å². The number of thiazole rings is 1. The van der Waals surface area contributed by atoms with Crippen molar-refractivity contribution in [2.75, 3.05) is 0 Å². The first-order valence-electron chi connectivity index (χ1n) is 17.5. The highest BCUT2D eigenvalue weighted by molar-refractivity contribution is 7.25. The lowest BCUT2D eigenvalue weighted by Gasteiger charge is -2.10. The van der Waals surface area contributed by atoms with Crippen molar-refractivity contribution in [1.29, 1.82) is 0 Å². The highest BCUT2D eigenvalue weighted by atomic mass is 32.1. The van der Waals surface area contributed by atoms with Crippen LogP contribution in [0.25, 0.3) is 103 Å². The number of aromatic nitrogens is 5. The van der Waals surface area contributed by atoms with Crippen molar-refractivity contribution in [2.45, 2.75) is 0 Å². The molecule has 4 heterocycles. The number of rotatable bonds is 5. The second-order valence-electron chi connectivity index (χ2n) is 13.1. The molecule has 0 unspecified atom stereocenters. The lowest BCUT2D eigenvalue weighted by Crippen LogP contribution is -2.00. The number of fused-ring (bicyclic) bond motifs is 7. The zero-order valence-corrected chi connectivity index (χ0v) is 29.8. The number of nitrogens with zero attached hydrogens (tertiary/aromatic N) is 5. The van der Waals surface area contributed by atoms with E-state index in [0.717, 1.165) is 54.7 Å². The summed E-state index contributed by atoms with van der Waals surface area (Å²) in [6, 6.07) is 57.4. The van der Waals surface area contributed by atoms with Crippen molar-refractivity contribution < 1.29 is 0 Å². The van der Waals surface area contributed by atoms with Gasteiger partial charge in [0.1, 0.15) is 0 Å². The Morgan fingerprint density at radius 3 is 1.74 bits per heavy atom. The van der Waals surface area contributed by atoms with Gasteiger partial charge in [0.2, 0.25) is 0 Å². The van der Waals surface area contributed by atoms with Gasteiger partial charge in [-0.15, -0.1) is 11.3 Å². The molecule has 7 heteroatoms. The van der Waals surface area contributed by atoms with Crippen LogP contribution in [0.1, 0.15) is 0 Å². The molecule has 7 aromatic carbocycles. The normalized spacial score (nSPS) is 11.8. The molecule has 5 nitrogen and oxygen atoms in total. The van der Waals surface area contributed by atoms with Crippen LogP contribution in [-0.4, -0.2) is 24.5 Å². The second-order valence-corrected chi connectivity index (χ2v) is 15.2. The maximum Gasteiger partial charge on any atom is 0.195 e. The van der Waals surface area contributed by atoms with E-state index in [2.05, 4.69) is 132 Å². The van der Waals surface area contributed by atoms with Crippen molar-refractivity contribution in [1.82, 2.24) is 24.5 Å². The van der Waals surface area contributed by atoms with Crippen LogP contribution in [0.5, 0.6) is 0 Å². The van der Waals surface area contributed by atoms with Gasteiger partial charge in [0.15, 0.2) is 22.6 Å². The van der Waals surface area contributed by atoms with Gasteiger partial charge in [-0.05, 0) is 59.7 Å². The van der Waals surface area contributed by atoms with E-state index in [-0.39, 0.29) is 0 Å². The van der Waals surface area contributed by atoms with Crippen LogP contribution in [0.4, 0.5) is 0 Å². The fraction of sp³-hybridized carbons (Fsp3) is 0. The van der Waals surface area contributed by atoms with Gasteiger partial charge in [-0.2, -0.15) is 0 Å². The molecule has 0 atom stereocenters. The molecule has 248 valence electrons. The van der Waals surface area contributed by atoms with Gasteiger partial charge >= 0.3 is 0 Å². The molecular weight excluding hydrogens is 687 g/mol. The maximum atomic E-state index is 5.11. The molecule has 0 N–H and O–H groups in total. The average molecular weight is 714 g/mol. The highest BCUT2D eigenvalue weighted by Crippen LogP contribution is 2.39. The third-order valence-electron chi connectivity index (χ3n) is 9.93. The third-order valence-corrected chi connectivity index (χ3v) is 12.1. The van der Waals surface area contributed by atoms with Gasteiger partial charge in [0, 0.05) is 47.6 Å². The Labute approximate surface area is 312 Å². The van der Waals surface area contributed by atoms with E-state index in [1.54, 1.807) is 11.3 Å². The van der Waals surface area contributed by atoms with Crippen molar-refractivity contribution in [3.05, 3.63) is 164 Å². The van der Waals surface area contributed by atoms with Crippen LogP contribution in [0.3, 0.4) is 0 Å². The van der Waals surface area contributed by atoms with E-state index < -0.39 is 0 Å². The topological polar surface area (TPSA) is 56.5 Å². The first kappa shape index (κ1) is 30.1. The van der Waals surface area contributed by atoms with E-state index >= 15 is 0 Å². The molecule has 0 aliphatic heterocycles. The number of thiophene rings is 1. The summed E-state index contributed by atoms with van der Waals surface area (Å²) in [4.78, 5) is 20.2. The summed E-state index contributed by atoms with van der Waals surface area (Å²) in [7, 11) is 0. The van der Waals surface area contributed by atoms with Crippen LogP contribution in [0, 0.1) is 0 Å². The van der Waals surface area contributed by atoms with Crippen molar-refractivity contribution in [2.24, 2.45) is 0 Å². The molecule has 53 heavy (non-hydrogen) atoms. The number of hydrogen-bond acceptors (Lipinski definition) is 6. The molecule has 0 fully saturated rings. The molecule has 0 aliphatic carbocycles. The van der Waals surface area contributed by atoms with Gasteiger partial charge in [-0.1, -0.05) is 127 Å². The Bertz CT molecular complexity index is 3140. The summed E-state index contributed by atoms with van der Waals surface area (Å²) in [6.45, 7) is 0. The molecule has 0 saturated heterocycles. The predicted octanol–water partition coefficient (Wildman–Crippen LogP) is 12.6. The van der Waals surface area contributed by atoms with Crippen molar-refractivity contribution in [3.8, 4) is 50.4 Å². The smallest absolute Gasteiger partial charge is 0.195 e. The number of hydrogen-bond donors (Lipinski definition) is 0. The summed E-state index contributed by atoms with van der Waals surface area (Å²) >= 11 is 3.54. The minimum atomic E-state index is 0.631. The van der Waals surface area contributed by atoms with Gasteiger partial charge in [0.05, 0.1) is 21.3 Å². The predicted molar refractivity (Wildman–Crippen MR) is 222 cm³/mol. The standard InChI is InChI=1S/C46H27N5S2/c1-2-10-29(11-3-1)43-48-44(30-20-18-28(19-21-30)31-22-24-35-34-13-5-8-16-40(34)52-42(35)27-31)50-45(49-43)32-23-25-39-36(26-32)33-12-4-7-15-38(33)51(39)46-47-37-14-6-9-17-41(37)53-46/h1-27H. The Morgan fingerprint density at radius 2 is 0.925 bits per heavy atom. The highest BCUT2D eigenvalue weighted by Gasteiger charge is 2.18. The van der Waals surface area contributed by atoms with Gasteiger partial charge in [0.25, 0.3) is 0 Å². The largest absolute Gasteiger partial charge is 0.285 e. The molecule has 0 saturated carbocycles. The fourth-order valence-electron chi connectivity index (χ4n) is 7.34. The Kier molecular flexibility index (Phi) is 6.83. The first-order chi connectivity index (χ1) is 26.2. The van der Waals surface area contributed by atoms with Crippen LogP contribution in [-0.2, 0) is 0 Å². The summed E-state index contributed by atoms with van der Waals surface area (Å²) in [6.07, 6.45) is 0. The molecule has 0 bridgehead atoms. The molecule has 0 radical (unpaired) electrons. The molecule has 0 amide bonds. The number of benzene rings is 7. The minimum absolute atomic E-state index is 0.631. The quantitative estimate of drug-likeness (QED) is 0.178. The lowest BCUT2D eigenvalue weighted by molar-refractivity contribution is 1.07.